The van der Waals surface area contributed by atoms with Crippen LogP contribution in [0.3, 0.4) is 0 Å². The van der Waals surface area contributed by atoms with Crippen LogP contribution >= 0.6 is 11.6 Å². The Kier molecular flexibility index (Phi) is 5.91. The Morgan fingerprint density at radius 3 is 2.69 bits per heavy atom. The molecule has 32 heavy (non-hydrogen) atoms. The zero-order valence-corrected chi connectivity index (χ0v) is 19.5. The first-order valence-electron chi connectivity index (χ1n) is 10.3. The van der Waals surface area contributed by atoms with Gasteiger partial charge < -0.3 is 15.4 Å². The number of carbonyl (C=O) groups excluding carboxylic acids is 2. The van der Waals surface area contributed by atoms with E-state index in [2.05, 4.69) is 10.6 Å². The third kappa shape index (κ3) is 4.07. The van der Waals surface area contributed by atoms with Gasteiger partial charge in [-0.1, -0.05) is 11.6 Å². The van der Waals surface area contributed by atoms with Crippen LogP contribution in [0.2, 0.25) is 5.02 Å². The molecule has 1 saturated heterocycles. The molecule has 2 aliphatic rings. The van der Waals surface area contributed by atoms with Gasteiger partial charge in [0.1, 0.15) is 11.8 Å². The van der Waals surface area contributed by atoms with Gasteiger partial charge in [-0.3, -0.25) is 9.59 Å². The van der Waals surface area contributed by atoms with E-state index in [1.807, 2.05) is 6.92 Å². The molecule has 2 aliphatic heterocycles. The number of aryl methyl sites for hydroxylation is 2. The van der Waals surface area contributed by atoms with Crippen LogP contribution in [0.1, 0.15) is 30.9 Å². The van der Waals surface area contributed by atoms with Crippen LogP contribution in [-0.2, 0) is 19.6 Å². The van der Waals surface area contributed by atoms with E-state index in [0.29, 0.717) is 40.6 Å². The first-order valence-corrected chi connectivity index (χ1v) is 12.1. The van der Waals surface area contributed by atoms with E-state index in [1.165, 1.54) is 10.4 Å². The van der Waals surface area contributed by atoms with Crippen molar-refractivity contribution in [2.24, 2.45) is 0 Å². The maximum absolute atomic E-state index is 13.6. The van der Waals surface area contributed by atoms with Gasteiger partial charge in [0.2, 0.25) is 15.9 Å². The van der Waals surface area contributed by atoms with E-state index in [4.69, 9.17) is 16.3 Å². The number of sulfonamides is 1. The van der Waals surface area contributed by atoms with E-state index in [9.17, 15) is 18.0 Å². The number of amides is 2. The van der Waals surface area contributed by atoms with Crippen LogP contribution in [0.25, 0.3) is 0 Å². The van der Waals surface area contributed by atoms with Gasteiger partial charge in [-0.15, -0.1) is 0 Å². The number of anilines is 2. The molecule has 170 valence electrons. The average Bonchev–Trinajstić information content (AvgIpc) is 3.22. The summed E-state index contributed by atoms with van der Waals surface area (Å²) in [6, 6.07) is 7.27. The number of hydrogen-bond acceptors (Lipinski definition) is 5. The summed E-state index contributed by atoms with van der Waals surface area (Å²) in [4.78, 5) is 24.9. The molecular formula is C22H24ClN3O5S. The highest BCUT2D eigenvalue weighted by Crippen LogP contribution is 2.37. The Bertz CT molecular complexity index is 1210. The van der Waals surface area contributed by atoms with Gasteiger partial charge in [-0.2, -0.15) is 4.31 Å². The van der Waals surface area contributed by atoms with E-state index < -0.39 is 22.2 Å². The Morgan fingerprint density at radius 1 is 1.22 bits per heavy atom. The van der Waals surface area contributed by atoms with Crippen molar-refractivity contribution in [2.75, 3.05) is 17.2 Å². The molecule has 0 unspecified atom stereocenters. The van der Waals surface area contributed by atoms with Gasteiger partial charge in [-0.25, -0.2) is 8.42 Å². The number of ether oxygens (including phenoxy) is 1. The number of hydrogen-bond donors (Lipinski definition) is 2. The van der Waals surface area contributed by atoms with E-state index in [1.54, 1.807) is 38.1 Å². The zero-order valence-electron chi connectivity index (χ0n) is 17.9. The Balaban J connectivity index is 1.63. The number of nitrogens with zero attached hydrogens (tertiary/aromatic N) is 1. The monoisotopic (exact) mass is 477 g/mol. The van der Waals surface area contributed by atoms with Crippen molar-refractivity contribution in [3.8, 4) is 5.75 Å². The number of nitrogens with one attached hydrogen (secondary N) is 2. The van der Waals surface area contributed by atoms with Crippen molar-refractivity contribution in [2.45, 2.75) is 50.7 Å². The Labute approximate surface area is 191 Å². The third-order valence-corrected chi connectivity index (χ3v) is 8.03. The zero-order chi connectivity index (χ0) is 23.2. The molecule has 0 radical (unpaired) electrons. The van der Waals surface area contributed by atoms with Gasteiger partial charge in [0, 0.05) is 23.3 Å². The lowest BCUT2D eigenvalue weighted by atomic mass is 10.1. The minimum absolute atomic E-state index is 0.0574. The molecule has 2 atom stereocenters. The molecule has 2 heterocycles. The summed E-state index contributed by atoms with van der Waals surface area (Å²) < 4.78 is 33.9. The SMILES string of the molecule is Cc1cc(Cl)ccc1NC(=O)[C@@H]1CCCN1S(=O)(=O)c1cc2c(cc1C)NC(=O)[C@H](C)O2. The standard InChI is InChI=1S/C22H24ClN3O5S/c1-12-9-15(23)6-7-16(12)24-22(28)18-5-4-8-26(18)32(29,30)20-11-19-17(10-13(20)2)25-21(27)14(3)31-19/h6-7,9-11,14,18H,4-5,8H2,1-3H3,(H,24,28)(H,25,27)/t14-,18-/m0/s1. The number of rotatable bonds is 4. The second-order valence-electron chi connectivity index (χ2n) is 8.09. The lowest BCUT2D eigenvalue weighted by Gasteiger charge is -2.27. The van der Waals surface area contributed by atoms with Crippen molar-refractivity contribution < 1.29 is 22.7 Å². The molecule has 4 rings (SSSR count). The predicted octanol–water partition coefficient (Wildman–Crippen LogP) is 3.47. The number of fused-ring (bicyclic) bond motifs is 1. The summed E-state index contributed by atoms with van der Waals surface area (Å²) in [5.41, 5.74) is 2.27. The average molecular weight is 478 g/mol. The summed E-state index contributed by atoms with van der Waals surface area (Å²) in [7, 11) is -3.98. The molecule has 0 saturated carbocycles. The van der Waals surface area contributed by atoms with Gasteiger partial charge >= 0.3 is 0 Å². The van der Waals surface area contributed by atoms with E-state index in [-0.39, 0.29) is 23.3 Å². The molecule has 8 nitrogen and oxygen atoms in total. The summed E-state index contributed by atoms with van der Waals surface area (Å²) in [6.45, 7) is 5.30. The highest BCUT2D eigenvalue weighted by molar-refractivity contribution is 7.89. The molecule has 2 aromatic carbocycles. The Hall–Kier alpha value is -2.62. The lowest BCUT2D eigenvalue weighted by Crippen LogP contribution is -2.43. The molecule has 0 bridgehead atoms. The summed E-state index contributed by atoms with van der Waals surface area (Å²) in [6.07, 6.45) is 0.268. The molecule has 2 amide bonds. The molecular weight excluding hydrogens is 454 g/mol. The van der Waals surface area contributed by atoms with Crippen molar-refractivity contribution in [1.82, 2.24) is 4.31 Å². The quantitative estimate of drug-likeness (QED) is 0.701. The maximum Gasteiger partial charge on any atom is 0.265 e. The van der Waals surface area contributed by atoms with Crippen LogP contribution in [0.4, 0.5) is 11.4 Å². The van der Waals surface area contributed by atoms with Gasteiger partial charge in [0.15, 0.2) is 6.10 Å². The fourth-order valence-corrected chi connectivity index (χ4v) is 6.13. The fraction of sp³-hybridized carbons (Fsp3) is 0.364. The van der Waals surface area contributed by atoms with Gasteiger partial charge in [0.05, 0.1) is 10.6 Å². The third-order valence-electron chi connectivity index (χ3n) is 5.75. The molecule has 1 fully saturated rings. The first kappa shape index (κ1) is 22.6. The molecule has 2 aromatic rings. The molecule has 0 spiro atoms. The van der Waals surface area contributed by atoms with Crippen molar-refractivity contribution >= 4 is 44.8 Å². The van der Waals surface area contributed by atoms with E-state index in [0.717, 1.165) is 5.56 Å². The number of carbonyl (C=O) groups is 2. The molecule has 0 aromatic heterocycles. The molecule has 0 aliphatic carbocycles. The summed E-state index contributed by atoms with van der Waals surface area (Å²) >= 11 is 5.98. The minimum Gasteiger partial charge on any atom is -0.479 e. The largest absolute Gasteiger partial charge is 0.479 e. The van der Waals surface area contributed by atoms with Gasteiger partial charge in [-0.05, 0) is 69.0 Å². The Morgan fingerprint density at radius 2 is 1.97 bits per heavy atom. The topological polar surface area (TPSA) is 105 Å². The van der Waals surface area contributed by atoms with Gasteiger partial charge in [0.25, 0.3) is 5.91 Å². The highest BCUT2D eigenvalue weighted by atomic mass is 35.5. The van der Waals surface area contributed by atoms with Crippen molar-refractivity contribution in [3.05, 3.63) is 46.5 Å². The lowest BCUT2D eigenvalue weighted by molar-refractivity contribution is -0.122. The van der Waals surface area contributed by atoms with Crippen molar-refractivity contribution in [1.29, 1.82) is 0 Å². The summed E-state index contributed by atoms with van der Waals surface area (Å²) in [5, 5.41) is 6.11. The van der Waals surface area contributed by atoms with Crippen LogP contribution in [0.5, 0.6) is 5.75 Å². The van der Waals surface area contributed by atoms with Crippen LogP contribution in [0.15, 0.2) is 35.2 Å². The number of benzene rings is 2. The van der Waals surface area contributed by atoms with Crippen molar-refractivity contribution in [3.63, 3.8) is 0 Å². The normalized spacial score (nSPS) is 20.9. The second kappa shape index (κ2) is 8.38. The molecule has 10 heteroatoms. The van der Waals surface area contributed by atoms with Crippen LogP contribution in [-0.4, -0.2) is 43.2 Å². The smallest absolute Gasteiger partial charge is 0.265 e. The first-order chi connectivity index (χ1) is 15.1. The molecule has 2 N–H and O–H groups in total. The minimum atomic E-state index is -3.98. The maximum atomic E-state index is 13.6. The van der Waals surface area contributed by atoms with Crippen LogP contribution < -0.4 is 15.4 Å². The van der Waals surface area contributed by atoms with E-state index >= 15 is 0 Å². The fourth-order valence-electron chi connectivity index (χ4n) is 4.02. The van der Waals surface area contributed by atoms with Crippen LogP contribution in [0, 0.1) is 13.8 Å². The predicted molar refractivity (Wildman–Crippen MR) is 122 cm³/mol. The highest BCUT2D eigenvalue weighted by Gasteiger charge is 2.41. The summed E-state index contributed by atoms with van der Waals surface area (Å²) in [5.74, 6) is -0.385. The second-order valence-corrected chi connectivity index (χ2v) is 10.4. The number of halogens is 1.